The van der Waals surface area contributed by atoms with Crippen LogP contribution >= 0.6 is 0 Å². The van der Waals surface area contributed by atoms with Crippen LogP contribution < -0.4 is 5.32 Å². The number of methoxy groups -OCH3 is 1. The number of hydrogen-bond donors (Lipinski definition) is 2. The van der Waals surface area contributed by atoms with Crippen molar-refractivity contribution < 1.29 is 27.9 Å². The minimum Gasteiger partial charge on any atom is -0.467 e. The summed E-state index contributed by atoms with van der Waals surface area (Å²) in [5.74, 6) is -1.68. The molecule has 0 bridgehead atoms. The lowest BCUT2D eigenvalue weighted by atomic mass is 10.3. The molecule has 1 atom stereocenters. The molecule has 0 heterocycles. The number of esters is 1. The molecule has 0 aromatic heterocycles. The third-order valence-corrected chi connectivity index (χ3v) is 2.61. The molecule has 0 aromatic rings. The molecule has 0 saturated carbocycles. The van der Waals surface area contributed by atoms with E-state index in [1.54, 1.807) is 0 Å². The fraction of sp³-hybridized carbons (Fsp3) is 0.750. The molecule has 0 spiro atoms. The predicted octanol–water partition coefficient (Wildman–Crippen LogP) is -1.93. The molecular formula is C8H15NO6S. The average molecular weight is 253 g/mol. The van der Waals surface area contributed by atoms with Gasteiger partial charge < -0.3 is 15.2 Å². The first-order valence-corrected chi connectivity index (χ1v) is 6.52. The number of amides is 1. The largest absolute Gasteiger partial charge is 0.467 e. The van der Waals surface area contributed by atoms with Crippen LogP contribution in [-0.2, 0) is 24.2 Å². The molecule has 1 amide bonds. The number of carbonyl (C=O) groups is 2. The van der Waals surface area contributed by atoms with Crippen LogP contribution in [0.1, 0.15) is 6.42 Å². The van der Waals surface area contributed by atoms with Crippen LogP contribution in [0.4, 0.5) is 0 Å². The minimum absolute atomic E-state index is 0.202. The first-order valence-electron chi connectivity index (χ1n) is 4.46. The van der Waals surface area contributed by atoms with E-state index >= 15 is 0 Å². The van der Waals surface area contributed by atoms with E-state index in [4.69, 9.17) is 5.11 Å². The molecule has 8 heteroatoms. The third-order valence-electron chi connectivity index (χ3n) is 1.67. The Balaban J connectivity index is 3.86. The second-order valence-electron chi connectivity index (χ2n) is 3.22. The zero-order valence-corrected chi connectivity index (χ0v) is 9.91. The number of aliphatic hydroxyl groups excluding tert-OH is 1. The quantitative estimate of drug-likeness (QED) is 0.533. The molecule has 16 heavy (non-hydrogen) atoms. The summed E-state index contributed by atoms with van der Waals surface area (Å²) >= 11 is 0. The normalized spacial score (nSPS) is 12.9. The third kappa shape index (κ3) is 7.18. The van der Waals surface area contributed by atoms with Crippen LogP contribution in [0.15, 0.2) is 0 Å². The number of hydrogen-bond acceptors (Lipinski definition) is 6. The van der Waals surface area contributed by atoms with Crippen LogP contribution in [0.25, 0.3) is 0 Å². The molecule has 0 fully saturated rings. The number of sulfone groups is 1. The molecule has 7 nitrogen and oxygen atoms in total. The van der Waals surface area contributed by atoms with Crippen molar-refractivity contribution in [3.05, 3.63) is 0 Å². The second-order valence-corrected chi connectivity index (χ2v) is 5.48. The molecule has 0 rings (SSSR count). The molecule has 0 aliphatic rings. The summed E-state index contributed by atoms with van der Waals surface area (Å²) in [5, 5.41) is 11.3. The zero-order chi connectivity index (χ0) is 12.8. The lowest BCUT2D eigenvalue weighted by Crippen LogP contribution is -2.37. The summed E-state index contributed by atoms with van der Waals surface area (Å²) in [6.45, 7) is -0.296. The van der Waals surface area contributed by atoms with Crippen LogP contribution in [-0.4, -0.2) is 57.2 Å². The highest BCUT2D eigenvalue weighted by atomic mass is 32.2. The monoisotopic (exact) mass is 253 g/mol. The zero-order valence-electron chi connectivity index (χ0n) is 9.10. The topological polar surface area (TPSA) is 110 Å². The van der Waals surface area contributed by atoms with Gasteiger partial charge in [-0.25, -0.2) is 13.2 Å². The fourth-order valence-electron chi connectivity index (χ4n) is 0.796. The standard InChI is InChI=1S/C8H15NO6S/c1-15-8(12)6(10)5-9-7(11)3-4-16(2,13)14/h6,10H,3-5H2,1-2H3,(H,9,11). The van der Waals surface area contributed by atoms with Gasteiger partial charge in [0.15, 0.2) is 6.10 Å². The number of nitrogens with one attached hydrogen (secondary N) is 1. The summed E-state index contributed by atoms with van der Waals surface area (Å²) in [6, 6.07) is 0. The van der Waals surface area contributed by atoms with Crippen molar-refractivity contribution in [1.82, 2.24) is 5.32 Å². The van der Waals surface area contributed by atoms with Crippen LogP contribution in [0, 0.1) is 0 Å². The van der Waals surface area contributed by atoms with Gasteiger partial charge in [0.25, 0.3) is 0 Å². The maximum absolute atomic E-state index is 11.1. The Morgan fingerprint density at radius 2 is 2.00 bits per heavy atom. The number of carbonyl (C=O) groups excluding carboxylic acids is 2. The van der Waals surface area contributed by atoms with Crippen molar-refractivity contribution in [1.29, 1.82) is 0 Å². The summed E-state index contributed by atoms with van der Waals surface area (Å²) in [7, 11) is -2.09. The van der Waals surface area contributed by atoms with Gasteiger partial charge in [-0.3, -0.25) is 4.79 Å². The summed E-state index contributed by atoms with van der Waals surface area (Å²) in [4.78, 5) is 21.8. The summed E-state index contributed by atoms with van der Waals surface area (Å²) in [5.41, 5.74) is 0. The highest BCUT2D eigenvalue weighted by Crippen LogP contribution is 1.90. The Hall–Kier alpha value is -1.15. The van der Waals surface area contributed by atoms with Crippen LogP contribution in [0.2, 0.25) is 0 Å². The number of rotatable bonds is 6. The van der Waals surface area contributed by atoms with E-state index in [0.717, 1.165) is 13.4 Å². The molecule has 0 saturated heterocycles. The van der Waals surface area contributed by atoms with Gasteiger partial charge in [-0.2, -0.15) is 0 Å². The Morgan fingerprint density at radius 1 is 1.44 bits per heavy atom. The maximum atomic E-state index is 11.1. The molecule has 0 aliphatic carbocycles. The van der Waals surface area contributed by atoms with Crippen LogP contribution in [0.5, 0.6) is 0 Å². The Morgan fingerprint density at radius 3 is 2.44 bits per heavy atom. The van der Waals surface area contributed by atoms with Gasteiger partial charge in [-0.1, -0.05) is 0 Å². The number of ether oxygens (including phenoxy) is 1. The number of aliphatic hydroxyl groups is 1. The highest BCUT2D eigenvalue weighted by Gasteiger charge is 2.16. The Kier molecular flexibility index (Phi) is 5.97. The minimum atomic E-state index is -3.19. The van der Waals surface area contributed by atoms with Gasteiger partial charge in [0.05, 0.1) is 19.4 Å². The maximum Gasteiger partial charge on any atom is 0.336 e. The van der Waals surface area contributed by atoms with Crippen molar-refractivity contribution in [2.45, 2.75) is 12.5 Å². The van der Waals surface area contributed by atoms with Gasteiger partial charge in [0, 0.05) is 12.7 Å². The first kappa shape index (κ1) is 14.8. The van der Waals surface area contributed by atoms with E-state index in [9.17, 15) is 18.0 Å². The molecule has 94 valence electrons. The van der Waals surface area contributed by atoms with Crippen molar-refractivity contribution >= 4 is 21.7 Å². The SMILES string of the molecule is COC(=O)C(O)CNC(=O)CCS(C)(=O)=O. The van der Waals surface area contributed by atoms with Gasteiger partial charge in [0.2, 0.25) is 5.91 Å². The highest BCUT2D eigenvalue weighted by molar-refractivity contribution is 7.90. The smallest absolute Gasteiger partial charge is 0.336 e. The molecule has 2 N–H and O–H groups in total. The van der Waals surface area contributed by atoms with E-state index in [1.807, 2.05) is 0 Å². The van der Waals surface area contributed by atoms with E-state index < -0.39 is 27.8 Å². The lowest BCUT2D eigenvalue weighted by Gasteiger charge is -2.09. The van der Waals surface area contributed by atoms with E-state index in [2.05, 4.69) is 10.1 Å². The molecule has 0 aliphatic heterocycles. The molecule has 0 aromatic carbocycles. The van der Waals surface area contributed by atoms with Crippen LogP contribution in [0.3, 0.4) is 0 Å². The Bertz CT molecular complexity index is 350. The molecular weight excluding hydrogens is 238 g/mol. The van der Waals surface area contributed by atoms with E-state index in [0.29, 0.717) is 0 Å². The van der Waals surface area contributed by atoms with Gasteiger partial charge in [0.1, 0.15) is 9.84 Å². The van der Waals surface area contributed by atoms with Gasteiger partial charge in [-0.05, 0) is 0 Å². The van der Waals surface area contributed by atoms with Crippen molar-refractivity contribution in [2.24, 2.45) is 0 Å². The fourth-order valence-corrected chi connectivity index (χ4v) is 1.35. The first-order chi connectivity index (χ1) is 7.26. The van der Waals surface area contributed by atoms with Crippen molar-refractivity contribution in [3.63, 3.8) is 0 Å². The average Bonchev–Trinajstić information content (AvgIpc) is 2.20. The second kappa shape index (κ2) is 6.44. The van der Waals surface area contributed by atoms with Crippen molar-refractivity contribution in [2.75, 3.05) is 25.7 Å². The molecule has 0 radical (unpaired) electrons. The summed E-state index contributed by atoms with van der Waals surface area (Å²) in [6.07, 6.45) is -0.622. The van der Waals surface area contributed by atoms with Gasteiger partial charge in [-0.15, -0.1) is 0 Å². The predicted molar refractivity (Wildman–Crippen MR) is 55.4 cm³/mol. The van der Waals surface area contributed by atoms with Gasteiger partial charge >= 0.3 is 5.97 Å². The van der Waals surface area contributed by atoms with E-state index in [-0.39, 0.29) is 18.7 Å². The van der Waals surface area contributed by atoms with Crippen molar-refractivity contribution in [3.8, 4) is 0 Å². The van der Waals surface area contributed by atoms with E-state index in [1.165, 1.54) is 0 Å². The Labute approximate surface area is 93.7 Å². The summed E-state index contributed by atoms with van der Waals surface area (Å²) < 4.78 is 25.7. The lowest BCUT2D eigenvalue weighted by molar-refractivity contribution is -0.150. The molecule has 1 unspecified atom stereocenters.